The zero-order valence-corrected chi connectivity index (χ0v) is 16.8. The van der Waals surface area contributed by atoms with Gasteiger partial charge in [0.15, 0.2) is 0 Å². The van der Waals surface area contributed by atoms with E-state index in [4.69, 9.17) is 34.2 Å². The van der Waals surface area contributed by atoms with Crippen molar-refractivity contribution in [3.8, 4) is 5.75 Å². The van der Waals surface area contributed by atoms with Crippen LogP contribution < -0.4 is 10.5 Å². The highest BCUT2D eigenvalue weighted by Crippen LogP contribution is 2.19. The van der Waals surface area contributed by atoms with Gasteiger partial charge in [-0.05, 0) is 12.1 Å². The number of hydrogen-bond donors (Lipinski definition) is 1. The molecule has 0 amide bonds. The Bertz CT molecular complexity index is 438. The molecule has 0 spiro atoms. The molecule has 7 nitrogen and oxygen atoms in total. The lowest BCUT2D eigenvalue weighted by molar-refractivity contribution is -0.0118. The smallest absolute Gasteiger partial charge is 0.142 e. The van der Waals surface area contributed by atoms with Crippen molar-refractivity contribution in [3.63, 3.8) is 0 Å². The summed E-state index contributed by atoms with van der Waals surface area (Å²) >= 11 is 3.29. The number of alkyl halides is 1. The molecule has 0 saturated carbocycles. The molecule has 2 N–H and O–H groups in total. The first-order valence-electron chi connectivity index (χ1n) is 8.76. The Morgan fingerprint density at radius 1 is 0.615 bits per heavy atom. The van der Waals surface area contributed by atoms with E-state index >= 15 is 0 Å². The topological polar surface area (TPSA) is 81.4 Å². The second-order valence-corrected chi connectivity index (χ2v) is 5.93. The van der Waals surface area contributed by atoms with E-state index in [1.807, 2.05) is 18.2 Å². The van der Waals surface area contributed by atoms with Crippen LogP contribution >= 0.6 is 15.9 Å². The molecule has 8 heteroatoms. The summed E-state index contributed by atoms with van der Waals surface area (Å²) in [7, 11) is 0. The molecule has 0 bridgehead atoms. The third-order valence-corrected chi connectivity index (χ3v) is 3.44. The van der Waals surface area contributed by atoms with Gasteiger partial charge < -0.3 is 34.2 Å². The van der Waals surface area contributed by atoms with Crippen LogP contribution in [0, 0.1) is 0 Å². The van der Waals surface area contributed by atoms with E-state index in [1.165, 1.54) is 0 Å². The van der Waals surface area contributed by atoms with Crippen molar-refractivity contribution >= 4 is 21.6 Å². The summed E-state index contributed by atoms with van der Waals surface area (Å²) in [6.45, 7) is 6.09. The van der Waals surface area contributed by atoms with Crippen LogP contribution in [0.4, 0.5) is 5.69 Å². The monoisotopic (exact) mass is 435 g/mol. The van der Waals surface area contributed by atoms with E-state index in [9.17, 15) is 0 Å². The minimum atomic E-state index is 0.457. The molecule has 26 heavy (non-hydrogen) atoms. The standard InChI is InChI=1S/C18H30BrNO6/c19-5-6-21-7-8-22-9-10-23-11-12-24-13-14-25-15-16-26-18-4-2-1-3-17(18)20/h1-4H,5-16,20H2. The first-order chi connectivity index (χ1) is 12.8. The average Bonchev–Trinajstić information content (AvgIpc) is 2.65. The summed E-state index contributed by atoms with van der Waals surface area (Å²) in [5, 5.41) is 0.845. The van der Waals surface area contributed by atoms with Gasteiger partial charge >= 0.3 is 0 Å². The van der Waals surface area contributed by atoms with E-state index in [0.717, 1.165) is 5.33 Å². The number of ether oxygens (including phenoxy) is 6. The molecule has 0 atom stereocenters. The molecule has 0 fully saturated rings. The van der Waals surface area contributed by atoms with Gasteiger partial charge in [-0.3, -0.25) is 0 Å². The number of halogens is 1. The van der Waals surface area contributed by atoms with Crippen LogP contribution in [-0.2, 0) is 23.7 Å². The molecule has 150 valence electrons. The first-order valence-corrected chi connectivity index (χ1v) is 9.88. The van der Waals surface area contributed by atoms with Crippen LogP contribution in [0.15, 0.2) is 24.3 Å². The van der Waals surface area contributed by atoms with Crippen molar-refractivity contribution in [1.82, 2.24) is 0 Å². The Kier molecular flexibility index (Phi) is 15.6. The number of anilines is 1. The Hall–Kier alpha value is -0.900. The summed E-state index contributed by atoms with van der Waals surface area (Å²) in [4.78, 5) is 0. The number of rotatable bonds is 18. The van der Waals surface area contributed by atoms with Crippen molar-refractivity contribution in [3.05, 3.63) is 24.3 Å². The molecule has 0 heterocycles. The Labute approximate surface area is 164 Å². The van der Waals surface area contributed by atoms with Gasteiger partial charge in [0.2, 0.25) is 0 Å². The summed E-state index contributed by atoms with van der Waals surface area (Å²) < 4.78 is 32.4. The van der Waals surface area contributed by atoms with E-state index in [1.54, 1.807) is 6.07 Å². The summed E-state index contributed by atoms with van der Waals surface area (Å²) in [6.07, 6.45) is 0. The SMILES string of the molecule is Nc1ccccc1OCCOCCOCCOCCOCCOCCBr. The second-order valence-electron chi connectivity index (χ2n) is 5.14. The van der Waals surface area contributed by atoms with Gasteiger partial charge in [0, 0.05) is 5.33 Å². The van der Waals surface area contributed by atoms with Gasteiger partial charge in [-0.25, -0.2) is 0 Å². The maximum absolute atomic E-state index is 5.78. The van der Waals surface area contributed by atoms with Crippen molar-refractivity contribution in [1.29, 1.82) is 0 Å². The third kappa shape index (κ3) is 13.3. The molecular weight excluding hydrogens is 406 g/mol. The predicted octanol–water partition coefficient (Wildman–Crippen LogP) is 2.13. The van der Waals surface area contributed by atoms with Crippen LogP contribution in [-0.4, -0.2) is 78.0 Å². The average molecular weight is 436 g/mol. The molecule has 0 unspecified atom stereocenters. The highest BCUT2D eigenvalue weighted by atomic mass is 79.9. The van der Waals surface area contributed by atoms with Gasteiger partial charge in [-0.1, -0.05) is 28.1 Å². The van der Waals surface area contributed by atoms with Crippen molar-refractivity contribution in [2.75, 3.05) is 83.7 Å². The molecule has 0 saturated heterocycles. The second kappa shape index (κ2) is 17.5. The molecule has 1 rings (SSSR count). The number of para-hydroxylation sites is 2. The van der Waals surface area contributed by atoms with E-state index in [0.29, 0.717) is 84.1 Å². The van der Waals surface area contributed by atoms with E-state index in [2.05, 4.69) is 15.9 Å². The highest BCUT2D eigenvalue weighted by Gasteiger charge is 1.98. The molecule has 0 aromatic heterocycles. The van der Waals surface area contributed by atoms with E-state index < -0.39 is 0 Å². The number of benzene rings is 1. The zero-order chi connectivity index (χ0) is 18.7. The number of hydrogen-bond acceptors (Lipinski definition) is 7. The van der Waals surface area contributed by atoms with Crippen molar-refractivity contribution < 1.29 is 28.4 Å². The molecule has 0 aliphatic carbocycles. The molecule has 0 radical (unpaired) electrons. The lowest BCUT2D eigenvalue weighted by Gasteiger charge is -2.09. The van der Waals surface area contributed by atoms with Crippen LogP contribution in [0.3, 0.4) is 0 Å². The predicted molar refractivity (Wildman–Crippen MR) is 104 cm³/mol. The molecule has 0 aliphatic rings. The fourth-order valence-electron chi connectivity index (χ4n) is 1.86. The number of nitrogens with two attached hydrogens (primary N) is 1. The summed E-state index contributed by atoms with van der Waals surface area (Å²) in [5.41, 5.74) is 6.41. The van der Waals surface area contributed by atoms with Crippen LogP contribution in [0.1, 0.15) is 0 Å². The quantitative estimate of drug-likeness (QED) is 0.215. The maximum Gasteiger partial charge on any atom is 0.142 e. The third-order valence-electron chi connectivity index (χ3n) is 3.11. The van der Waals surface area contributed by atoms with Gasteiger partial charge in [-0.2, -0.15) is 0 Å². The van der Waals surface area contributed by atoms with Gasteiger partial charge in [0.05, 0.1) is 71.8 Å². The Balaban J connectivity index is 1.74. The molecule has 0 aliphatic heterocycles. The molecular formula is C18H30BrNO6. The van der Waals surface area contributed by atoms with E-state index in [-0.39, 0.29) is 0 Å². The van der Waals surface area contributed by atoms with Gasteiger partial charge in [-0.15, -0.1) is 0 Å². The van der Waals surface area contributed by atoms with Gasteiger partial charge in [0.25, 0.3) is 0 Å². The van der Waals surface area contributed by atoms with Gasteiger partial charge in [0.1, 0.15) is 12.4 Å². The highest BCUT2D eigenvalue weighted by molar-refractivity contribution is 9.09. The minimum absolute atomic E-state index is 0.457. The lowest BCUT2D eigenvalue weighted by Crippen LogP contribution is -2.14. The van der Waals surface area contributed by atoms with Crippen LogP contribution in [0.2, 0.25) is 0 Å². The fraction of sp³-hybridized carbons (Fsp3) is 0.667. The van der Waals surface area contributed by atoms with Crippen LogP contribution in [0.5, 0.6) is 5.75 Å². The Morgan fingerprint density at radius 3 is 1.50 bits per heavy atom. The number of nitrogen functional groups attached to an aromatic ring is 1. The molecule has 1 aromatic carbocycles. The van der Waals surface area contributed by atoms with Crippen molar-refractivity contribution in [2.45, 2.75) is 0 Å². The minimum Gasteiger partial charge on any atom is -0.489 e. The zero-order valence-electron chi connectivity index (χ0n) is 15.2. The fourth-order valence-corrected chi connectivity index (χ4v) is 2.09. The summed E-state index contributed by atoms with van der Waals surface area (Å²) in [6, 6.07) is 7.39. The largest absolute Gasteiger partial charge is 0.489 e. The first kappa shape index (κ1) is 23.1. The molecule has 1 aromatic rings. The maximum atomic E-state index is 5.78. The lowest BCUT2D eigenvalue weighted by atomic mass is 10.3. The normalized spacial score (nSPS) is 11.0. The van der Waals surface area contributed by atoms with Crippen molar-refractivity contribution in [2.24, 2.45) is 0 Å². The Morgan fingerprint density at radius 2 is 1.04 bits per heavy atom. The summed E-state index contributed by atoms with van der Waals surface area (Å²) in [5.74, 6) is 0.680. The van der Waals surface area contributed by atoms with Crippen LogP contribution in [0.25, 0.3) is 0 Å².